The van der Waals surface area contributed by atoms with E-state index in [-0.39, 0.29) is 41.4 Å². The molecule has 0 aliphatic rings. The van der Waals surface area contributed by atoms with E-state index in [1.54, 1.807) is 27.7 Å². The number of ether oxygens (including phenoxy) is 2. The number of hydrogen-bond donors (Lipinski definition) is 4. The van der Waals surface area contributed by atoms with Gasteiger partial charge < -0.3 is 30.3 Å². The lowest BCUT2D eigenvalue weighted by molar-refractivity contribution is 0.0493. The van der Waals surface area contributed by atoms with Crippen molar-refractivity contribution in [3.63, 3.8) is 0 Å². The van der Waals surface area contributed by atoms with Gasteiger partial charge in [0.25, 0.3) is 5.91 Å². The maximum Gasteiger partial charge on any atom is 0.407 e. The van der Waals surface area contributed by atoms with Crippen molar-refractivity contribution in [3.8, 4) is 17.4 Å². The van der Waals surface area contributed by atoms with Crippen LogP contribution in [0.1, 0.15) is 43.7 Å². The van der Waals surface area contributed by atoms with Gasteiger partial charge in [-0.2, -0.15) is 0 Å². The van der Waals surface area contributed by atoms with Crippen LogP contribution in [0.25, 0.3) is 0 Å². The smallest absolute Gasteiger partial charge is 0.407 e. The Morgan fingerprint density at radius 1 is 1.09 bits per heavy atom. The highest BCUT2D eigenvalue weighted by Crippen LogP contribution is 2.28. The lowest BCUT2D eigenvalue weighted by Crippen LogP contribution is -2.40. The molecular weight excluding hydrogens is 452 g/mol. The van der Waals surface area contributed by atoms with Crippen molar-refractivity contribution in [2.75, 3.05) is 11.9 Å². The average Bonchev–Trinajstić information content (AvgIpc) is 3.16. The van der Waals surface area contributed by atoms with E-state index in [4.69, 9.17) is 9.47 Å². The SMILES string of the molecule is C[C@@H](COc1cc(C(=O)Nc2ccc(O)cc2O)n(Cc2ccccc2)n1)NC(=O)OC(C)(C)C. The monoisotopic (exact) mass is 482 g/mol. The van der Waals surface area contributed by atoms with E-state index in [2.05, 4.69) is 15.7 Å². The number of rotatable bonds is 8. The third kappa shape index (κ3) is 7.66. The predicted octanol–water partition coefficient (Wildman–Crippen LogP) is 3.89. The Labute approximate surface area is 203 Å². The standard InChI is InChI=1S/C25H30N4O6/c1-16(26-24(33)35-25(2,3)4)15-34-22-13-20(29(28-22)14-17-8-6-5-7-9-17)23(32)27-19-11-10-18(30)12-21(19)31/h5-13,16,30-31H,14-15H2,1-4H3,(H,26,33)(H,27,32)/t16-/m0/s1. The molecule has 10 nitrogen and oxygen atoms in total. The Kier molecular flexibility index (Phi) is 7.85. The summed E-state index contributed by atoms with van der Waals surface area (Å²) in [6.07, 6.45) is -0.558. The van der Waals surface area contributed by atoms with Crippen LogP contribution in [0.2, 0.25) is 0 Å². The molecule has 10 heteroatoms. The largest absolute Gasteiger partial charge is 0.508 e. The van der Waals surface area contributed by atoms with Gasteiger partial charge in [0, 0.05) is 12.1 Å². The molecule has 35 heavy (non-hydrogen) atoms. The Balaban J connectivity index is 1.74. The number of alkyl carbamates (subject to hydrolysis) is 1. The second kappa shape index (κ2) is 10.8. The lowest BCUT2D eigenvalue weighted by atomic mass is 10.2. The van der Waals surface area contributed by atoms with Crippen molar-refractivity contribution < 1.29 is 29.3 Å². The molecule has 4 N–H and O–H groups in total. The van der Waals surface area contributed by atoms with Crippen LogP contribution in [0.4, 0.5) is 10.5 Å². The average molecular weight is 483 g/mol. The highest BCUT2D eigenvalue weighted by Gasteiger charge is 2.20. The molecule has 0 radical (unpaired) electrons. The third-order valence-electron chi connectivity index (χ3n) is 4.64. The van der Waals surface area contributed by atoms with Gasteiger partial charge in [-0.1, -0.05) is 30.3 Å². The zero-order valence-corrected chi connectivity index (χ0v) is 20.1. The first-order chi connectivity index (χ1) is 16.5. The summed E-state index contributed by atoms with van der Waals surface area (Å²) < 4.78 is 12.5. The summed E-state index contributed by atoms with van der Waals surface area (Å²) in [5.41, 5.74) is 0.639. The van der Waals surface area contributed by atoms with Crippen molar-refractivity contribution in [1.82, 2.24) is 15.1 Å². The van der Waals surface area contributed by atoms with Crippen molar-refractivity contribution in [1.29, 1.82) is 0 Å². The number of aromatic hydroxyl groups is 2. The molecule has 0 saturated heterocycles. The van der Waals surface area contributed by atoms with E-state index in [1.807, 2.05) is 30.3 Å². The number of carbonyl (C=O) groups excluding carboxylic acids is 2. The maximum absolute atomic E-state index is 13.0. The molecule has 0 spiro atoms. The summed E-state index contributed by atoms with van der Waals surface area (Å²) in [5, 5.41) is 29.2. The molecule has 1 atom stereocenters. The number of nitrogens with one attached hydrogen (secondary N) is 2. The number of anilines is 1. The highest BCUT2D eigenvalue weighted by atomic mass is 16.6. The molecule has 1 aromatic heterocycles. The number of aromatic nitrogens is 2. The van der Waals surface area contributed by atoms with Crippen LogP contribution in [0, 0.1) is 0 Å². The second-order valence-corrected chi connectivity index (χ2v) is 9.02. The highest BCUT2D eigenvalue weighted by molar-refractivity contribution is 6.04. The van der Waals surface area contributed by atoms with Crippen LogP contribution in [-0.4, -0.2) is 50.2 Å². The lowest BCUT2D eigenvalue weighted by Gasteiger charge is -2.21. The van der Waals surface area contributed by atoms with Crippen LogP contribution in [0.3, 0.4) is 0 Å². The zero-order chi connectivity index (χ0) is 25.6. The van der Waals surface area contributed by atoms with Crippen molar-refractivity contribution in [2.24, 2.45) is 0 Å². The van der Waals surface area contributed by atoms with Gasteiger partial charge in [-0.15, -0.1) is 5.10 Å². The van der Waals surface area contributed by atoms with Crippen LogP contribution in [0.15, 0.2) is 54.6 Å². The molecule has 186 valence electrons. The molecule has 0 saturated carbocycles. The Bertz CT molecular complexity index is 1170. The summed E-state index contributed by atoms with van der Waals surface area (Å²) >= 11 is 0. The molecule has 3 aromatic rings. The van der Waals surface area contributed by atoms with Gasteiger partial charge >= 0.3 is 6.09 Å². The molecule has 0 fully saturated rings. The molecule has 0 unspecified atom stereocenters. The van der Waals surface area contributed by atoms with Crippen LogP contribution in [-0.2, 0) is 11.3 Å². The first kappa shape index (κ1) is 25.4. The molecule has 3 rings (SSSR count). The minimum atomic E-state index is -0.616. The summed E-state index contributed by atoms with van der Waals surface area (Å²) in [6, 6.07) is 14.4. The van der Waals surface area contributed by atoms with Crippen molar-refractivity contribution >= 4 is 17.7 Å². The van der Waals surface area contributed by atoms with Crippen molar-refractivity contribution in [2.45, 2.75) is 45.9 Å². The fourth-order valence-corrected chi connectivity index (χ4v) is 3.10. The van der Waals surface area contributed by atoms with Gasteiger partial charge in [-0.25, -0.2) is 4.79 Å². The van der Waals surface area contributed by atoms with E-state index in [9.17, 15) is 19.8 Å². The number of amides is 2. The first-order valence-electron chi connectivity index (χ1n) is 11.1. The van der Waals surface area contributed by atoms with Gasteiger partial charge in [0.15, 0.2) is 0 Å². The molecule has 1 heterocycles. The van der Waals surface area contributed by atoms with Gasteiger partial charge in [-0.05, 0) is 45.4 Å². The molecule has 0 aliphatic heterocycles. The molecular formula is C25H30N4O6. The summed E-state index contributed by atoms with van der Waals surface area (Å²) in [6.45, 7) is 7.49. The van der Waals surface area contributed by atoms with Gasteiger partial charge in [0.1, 0.15) is 29.4 Å². The number of benzene rings is 2. The minimum absolute atomic E-state index is 0.0986. The normalized spacial score (nSPS) is 12.0. The number of phenolic OH excluding ortho intramolecular Hbond substituents is 2. The van der Waals surface area contributed by atoms with E-state index in [0.29, 0.717) is 6.54 Å². The van der Waals surface area contributed by atoms with Crippen molar-refractivity contribution in [3.05, 3.63) is 65.9 Å². The Hall–Kier alpha value is -4.21. The Morgan fingerprint density at radius 3 is 2.46 bits per heavy atom. The molecule has 0 bridgehead atoms. The van der Waals surface area contributed by atoms with E-state index < -0.39 is 17.6 Å². The quantitative estimate of drug-likeness (QED) is 0.283. The van der Waals surface area contributed by atoms with Gasteiger partial charge in [0.2, 0.25) is 5.88 Å². The Morgan fingerprint density at radius 2 is 1.80 bits per heavy atom. The fourth-order valence-electron chi connectivity index (χ4n) is 3.10. The van der Waals surface area contributed by atoms with E-state index in [0.717, 1.165) is 11.6 Å². The van der Waals surface area contributed by atoms with Gasteiger partial charge in [0.05, 0.1) is 18.3 Å². The maximum atomic E-state index is 13.0. The summed E-state index contributed by atoms with van der Waals surface area (Å²) in [4.78, 5) is 25.0. The number of hydrogen-bond acceptors (Lipinski definition) is 7. The summed E-state index contributed by atoms with van der Waals surface area (Å²) in [7, 11) is 0. The molecule has 2 aromatic carbocycles. The number of carbonyl (C=O) groups is 2. The second-order valence-electron chi connectivity index (χ2n) is 9.02. The molecule has 2 amide bonds. The first-order valence-corrected chi connectivity index (χ1v) is 11.1. The predicted molar refractivity (Wildman–Crippen MR) is 130 cm³/mol. The molecule has 0 aliphatic carbocycles. The van der Waals surface area contributed by atoms with Crippen LogP contribution >= 0.6 is 0 Å². The van der Waals surface area contributed by atoms with E-state index in [1.165, 1.54) is 22.9 Å². The topological polar surface area (TPSA) is 135 Å². The van der Waals surface area contributed by atoms with E-state index >= 15 is 0 Å². The van der Waals surface area contributed by atoms with Crippen LogP contribution in [0.5, 0.6) is 17.4 Å². The van der Waals surface area contributed by atoms with Gasteiger partial charge in [-0.3, -0.25) is 9.48 Å². The number of nitrogens with zero attached hydrogens (tertiary/aromatic N) is 2. The number of phenols is 2. The zero-order valence-electron chi connectivity index (χ0n) is 20.1. The van der Waals surface area contributed by atoms with Crippen LogP contribution < -0.4 is 15.4 Å². The minimum Gasteiger partial charge on any atom is -0.508 e. The fraction of sp³-hybridized carbons (Fsp3) is 0.320. The third-order valence-corrected chi connectivity index (χ3v) is 4.64. The summed E-state index contributed by atoms with van der Waals surface area (Å²) in [5.74, 6) is -0.728.